The van der Waals surface area contributed by atoms with Crippen LogP contribution >= 0.6 is 11.3 Å². The normalized spacial score (nSPS) is 16.4. The van der Waals surface area contributed by atoms with E-state index in [-0.39, 0.29) is 0 Å². The highest BCUT2D eigenvalue weighted by Crippen LogP contribution is 2.20. The molecule has 1 fully saturated rings. The third-order valence-corrected chi connectivity index (χ3v) is 5.30. The van der Waals surface area contributed by atoms with Crippen molar-refractivity contribution in [2.75, 3.05) is 19.7 Å². The summed E-state index contributed by atoms with van der Waals surface area (Å²) in [6.45, 7) is 9.46. The van der Waals surface area contributed by atoms with Gasteiger partial charge in [0.15, 0.2) is 5.96 Å². The molecule has 2 rings (SSSR count). The van der Waals surface area contributed by atoms with E-state index in [4.69, 9.17) is 4.74 Å². The highest BCUT2D eigenvalue weighted by molar-refractivity contribution is 7.11. The van der Waals surface area contributed by atoms with Gasteiger partial charge in [-0.05, 0) is 40.0 Å². The van der Waals surface area contributed by atoms with E-state index in [0.29, 0.717) is 12.6 Å². The van der Waals surface area contributed by atoms with Gasteiger partial charge in [-0.1, -0.05) is 19.3 Å². The summed E-state index contributed by atoms with van der Waals surface area (Å²) in [4.78, 5) is 10.4. The van der Waals surface area contributed by atoms with Crippen LogP contribution < -0.4 is 10.6 Å². The molecule has 1 aliphatic rings. The van der Waals surface area contributed by atoms with Gasteiger partial charge in [-0.15, -0.1) is 11.3 Å². The summed E-state index contributed by atoms with van der Waals surface area (Å²) in [6, 6.07) is 0. The lowest BCUT2D eigenvalue weighted by Crippen LogP contribution is -2.38. The lowest BCUT2D eigenvalue weighted by Gasteiger charge is -2.22. The highest BCUT2D eigenvalue weighted by atomic mass is 32.1. The second-order valence-corrected chi connectivity index (χ2v) is 7.64. The maximum Gasteiger partial charge on any atom is 0.191 e. The molecule has 1 saturated carbocycles. The number of nitrogens with zero attached hydrogens (tertiary/aromatic N) is 2. The fraction of sp³-hybridized carbons (Fsp3) is 0.778. The Labute approximate surface area is 150 Å². The molecule has 136 valence electrons. The summed E-state index contributed by atoms with van der Waals surface area (Å²) >= 11 is 1.73. The molecule has 0 aliphatic heterocycles. The molecule has 1 aliphatic carbocycles. The number of aryl methyl sites for hydroxylation is 2. The number of aliphatic imine (C=N–C) groups is 1. The van der Waals surface area contributed by atoms with Crippen LogP contribution in [0.5, 0.6) is 0 Å². The van der Waals surface area contributed by atoms with Crippen molar-refractivity contribution in [3.05, 3.63) is 15.6 Å². The molecule has 1 heterocycles. The Morgan fingerprint density at radius 3 is 2.71 bits per heavy atom. The van der Waals surface area contributed by atoms with Gasteiger partial charge in [0.1, 0.15) is 0 Å². The van der Waals surface area contributed by atoms with Gasteiger partial charge < -0.3 is 15.4 Å². The van der Waals surface area contributed by atoms with E-state index in [1.54, 1.807) is 11.3 Å². The monoisotopic (exact) mass is 352 g/mol. The van der Waals surface area contributed by atoms with Crippen LogP contribution in [0.25, 0.3) is 0 Å². The fourth-order valence-corrected chi connectivity index (χ4v) is 3.84. The van der Waals surface area contributed by atoms with Gasteiger partial charge in [0.2, 0.25) is 0 Å². The molecule has 24 heavy (non-hydrogen) atoms. The molecule has 1 aromatic rings. The number of ether oxygens (including phenoxy) is 1. The van der Waals surface area contributed by atoms with Crippen LogP contribution in [-0.2, 0) is 11.3 Å². The summed E-state index contributed by atoms with van der Waals surface area (Å²) in [5, 5.41) is 7.81. The van der Waals surface area contributed by atoms with Crippen LogP contribution in [0.2, 0.25) is 0 Å². The molecule has 1 aromatic heterocycles. The Hall–Kier alpha value is -1.14. The van der Waals surface area contributed by atoms with E-state index in [9.17, 15) is 0 Å². The van der Waals surface area contributed by atoms with Crippen molar-refractivity contribution in [2.24, 2.45) is 4.99 Å². The summed E-state index contributed by atoms with van der Waals surface area (Å²) < 4.78 is 5.97. The number of hydrogen-bond acceptors (Lipinski definition) is 4. The van der Waals surface area contributed by atoms with Crippen LogP contribution in [0.15, 0.2) is 4.99 Å². The zero-order chi connectivity index (χ0) is 17.2. The average Bonchev–Trinajstić information content (AvgIpc) is 2.90. The lowest BCUT2D eigenvalue weighted by atomic mass is 9.98. The van der Waals surface area contributed by atoms with Gasteiger partial charge in [0.05, 0.1) is 23.4 Å². The molecule has 6 heteroatoms. The molecule has 0 atom stereocenters. The van der Waals surface area contributed by atoms with Crippen molar-refractivity contribution in [3.63, 3.8) is 0 Å². The van der Waals surface area contributed by atoms with E-state index < -0.39 is 0 Å². The zero-order valence-electron chi connectivity index (χ0n) is 15.4. The Kier molecular flexibility index (Phi) is 8.53. The van der Waals surface area contributed by atoms with Crippen molar-refractivity contribution in [3.8, 4) is 0 Å². The predicted molar refractivity (Wildman–Crippen MR) is 102 cm³/mol. The van der Waals surface area contributed by atoms with Crippen molar-refractivity contribution < 1.29 is 4.74 Å². The first kappa shape index (κ1) is 19.2. The number of aromatic nitrogens is 1. The van der Waals surface area contributed by atoms with E-state index in [0.717, 1.165) is 42.8 Å². The van der Waals surface area contributed by atoms with Crippen LogP contribution in [0.1, 0.15) is 61.0 Å². The maximum absolute atomic E-state index is 5.97. The minimum atomic E-state index is 0.498. The smallest absolute Gasteiger partial charge is 0.191 e. The minimum absolute atomic E-state index is 0.498. The molecule has 0 amide bonds. The van der Waals surface area contributed by atoms with Crippen LogP contribution in [0.3, 0.4) is 0 Å². The molecule has 2 N–H and O–H groups in total. The number of guanidine groups is 1. The van der Waals surface area contributed by atoms with E-state index in [2.05, 4.69) is 34.5 Å². The molecule has 5 nitrogen and oxygen atoms in total. The van der Waals surface area contributed by atoms with Crippen LogP contribution in [0.4, 0.5) is 0 Å². The first-order valence-corrected chi connectivity index (χ1v) is 10.1. The molecule has 0 unspecified atom stereocenters. The molecule has 0 spiro atoms. The van der Waals surface area contributed by atoms with Gasteiger partial charge in [-0.25, -0.2) is 9.98 Å². The Bertz CT molecular complexity index is 509. The molecular formula is C18H32N4OS. The quantitative estimate of drug-likeness (QED) is 0.427. The van der Waals surface area contributed by atoms with Gasteiger partial charge >= 0.3 is 0 Å². The van der Waals surface area contributed by atoms with Gasteiger partial charge in [-0.3, -0.25) is 0 Å². The third kappa shape index (κ3) is 6.77. The van der Waals surface area contributed by atoms with Crippen molar-refractivity contribution in [1.82, 2.24) is 15.6 Å². The number of thiazole rings is 1. The van der Waals surface area contributed by atoms with Crippen molar-refractivity contribution in [2.45, 2.75) is 71.9 Å². The van der Waals surface area contributed by atoms with Crippen molar-refractivity contribution in [1.29, 1.82) is 0 Å². The second kappa shape index (κ2) is 10.7. The zero-order valence-corrected chi connectivity index (χ0v) is 16.2. The highest BCUT2D eigenvalue weighted by Gasteiger charge is 2.13. The Morgan fingerprint density at radius 2 is 2.04 bits per heavy atom. The van der Waals surface area contributed by atoms with E-state index >= 15 is 0 Å². The lowest BCUT2D eigenvalue weighted by molar-refractivity contribution is 0.0277. The topological polar surface area (TPSA) is 58.5 Å². The SMILES string of the molecule is CCNC(=NCc1sc(C)nc1C)NCCCOC1CCCCC1. The predicted octanol–water partition coefficient (Wildman–Crippen LogP) is 3.55. The first-order valence-electron chi connectivity index (χ1n) is 9.25. The van der Waals surface area contributed by atoms with Crippen LogP contribution in [0, 0.1) is 13.8 Å². The Morgan fingerprint density at radius 1 is 1.25 bits per heavy atom. The molecule has 0 aromatic carbocycles. The molecule has 0 saturated heterocycles. The number of hydrogen-bond donors (Lipinski definition) is 2. The van der Waals surface area contributed by atoms with E-state index in [1.165, 1.54) is 37.0 Å². The average molecular weight is 353 g/mol. The first-order chi connectivity index (χ1) is 11.7. The van der Waals surface area contributed by atoms with Gasteiger partial charge in [0, 0.05) is 24.6 Å². The third-order valence-electron chi connectivity index (χ3n) is 4.24. The Balaban J connectivity index is 1.68. The number of rotatable bonds is 8. The van der Waals surface area contributed by atoms with E-state index in [1.807, 2.05) is 6.92 Å². The maximum atomic E-state index is 5.97. The second-order valence-electron chi connectivity index (χ2n) is 6.35. The minimum Gasteiger partial charge on any atom is -0.378 e. The van der Waals surface area contributed by atoms with Gasteiger partial charge in [-0.2, -0.15) is 0 Å². The number of nitrogens with one attached hydrogen (secondary N) is 2. The largest absolute Gasteiger partial charge is 0.378 e. The fourth-order valence-electron chi connectivity index (χ4n) is 2.97. The molecule has 0 bridgehead atoms. The summed E-state index contributed by atoms with van der Waals surface area (Å²) in [5.74, 6) is 0.876. The van der Waals surface area contributed by atoms with Gasteiger partial charge in [0.25, 0.3) is 0 Å². The van der Waals surface area contributed by atoms with Crippen molar-refractivity contribution >= 4 is 17.3 Å². The molecular weight excluding hydrogens is 320 g/mol. The van der Waals surface area contributed by atoms with Crippen LogP contribution in [-0.4, -0.2) is 36.7 Å². The standard InChI is InChI=1S/C18H32N4OS/c1-4-19-18(21-13-17-14(2)22-15(3)24-17)20-11-8-12-23-16-9-6-5-7-10-16/h16H,4-13H2,1-3H3,(H2,19,20,21). The summed E-state index contributed by atoms with van der Waals surface area (Å²) in [6.07, 6.45) is 8.03. The molecule has 0 radical (unpaired) electrons. The summed E-state index contributed by atoms with van der Waals surface area (Å²) in [7, 11) is 0. The summed E-state index contributed by atoms with van der Waals surface area (Å²) in [5.41, 5.74) is 1.10.